The summed E-state index contributed by atoms with van der Waals surface area (Å²) in [6.45, 7) is 0. The van der Waals surface area contributed by atoms with Gasteiger partial charge in [0.15, 0.2) is 0 Å². The molecule has 0 aromatic heterocycles. The molecule has 0 saturated carbocycles. The second-order valence-corrected chi connectivity index (χ2v) is 1.30. The van der Waals surface area contributed by atoms with Crippen molar-refractivity contribution in [1.29, 1.82) is 0 Å². The molecule has 3 radical (unpaired) electrons. The van der Waals surface area contributed by atoms with E-state index in [0.717, 1.165) is 0 Å². The molecule has 2 heteroatoms. The maximum absolute atomic E-state index is 11.9. The summed E-state index contributed by atoms with van der Waals surface area (Å²) >= 11 is 0. The standard InChI is InChI=1S/C6H5F.As/c7-6-4-2-1-3-5-6;/h1-5H;. The summed E-state index contributed by atoms with van der Waals surface area (Å²) in [5.41, 5.74) is 0. The molecule has 0 amide bonds. The van der Waals surface area contributed by atoms with E-state index in [0.29, 0.717) is 0 Å². The quantitative estimate of drug-likeness (QED) is 0.518. The van der Waals surface area contributed by atoms with Crippen molar-refractivity contribution in [2.45, 2.75) is 0 Å². The Bertz CT molecular complexity index is 138. The monoisotopic (exact) mass is 171 g/mol. The summed E-state index contributed by atoms with van der Waals surface area (Å²) < 4.78 is 11.9. The maximum atomic E-state index is 11.9. The average molecular weight is 171 g/mol. The van der Waals surface area contributed by atoms with Gasteiger partial charge >= 0.3 is 0 Å². The van der Waals surface area contributed by atoms with Gasteiger partial charge in [0.05, 0.1) is 0 Å². The first-order valence-electron chi connectivity index (χ1n) is 2.10. The fourth-order valence-corrected chi connectivity index (χ4v) is 0.415. The number of rotatable bonds is 0. The van der Waals surface area contributed by atoms with Gasteiger partial charge in [0, 0.05) is 18.0 Å². The summed E-state index contributed by atoms with van der Waals surface area (Å²) in [4.78, 5) is 0. The van der Waals surface area contributed by atoms with Crippen LogP contribution >= 0.6 is 0 Å². The van der Waals surface area contributed by atoms with Crippen LogP contribution in [-0.2, 0) is 0 Å². The third kappa shape index (κ3) is 2.13. The zero-order valence-electron chi connectivity index (χ0n) is 4.21. The minimum absolute atomic E-state index is 0. The van der Waals surface area contributed by atoms with Gasteiger partial charge in [-0.15, -0.1) is 0 Å². The van der Waals surface area contributed by atoms with Crippen LogP contribution < -0.4 is 0 Å². The molecule has 0 N–H and O–H groups in total. The molecule has 0 bridgehead atoms. The third-order valence-electron chi connectivity index (χ3n) is 0.733. The van der Waals surface area contributed by atoms with Crippen LogP contribution in [0.4, 0.5) is 4.39 Å². The first-order chi connectivity index (χ1) is 3.39. The number of hydrogen-bond acceptors (Lipinski definition) is 0. The Balaban J connectivity index is 0.000000490. The molecule has 0 aliphatic rings. The molecule has 1 rings (SSSR count). The first-order valence-corrected chi connectivity index (χ1v) is 2.10. The van der Waals surface area contributed by atoms with Crippen LogP contribution in [0.2, 0.25) is 0 Å². The molecule has 0 heterocycles. The molecule has 0 nitrogen and oxygen atoms in total. The van der Waals surface area contributed by atoms with Gasteiger partial charge in [0.1, 0.15) is 5.82 Å². The van der Waals surface area contributed by atoms with Crippen molar-refractivity contribution in [2.75, 3.05) is 0 Å². The molecular weight excluding hydrogens is 166 g/mol. The van der Waals surface area contributed by atoms with Gasteiger partial charge in [-0.05, 0) is 12.1 Å². The van der Waals surface area contributed by atoms with Crippen LogP contribution in [0.25, 0.3) is 0 Å². The van der Waals surface area contributed by atoms with Crippen LogP contribution in [0.5, 0.6) is 0 Å². The molecular formula is C6H5AsF. The Kier molecular flexibility index (Phi) is 3.54. The van der Waals surface area contributed by atoms with E-state index in [1.165, 1.54) is 12.1 Å². The van der Waals surface area contributed by atoms with E-state index in [4.69, 9.17) is 0 Å². The van der Waals surface area contributed by atoms with E-state index >= 15 is 0 Å². The Morgan fingerprint density at radius 3 is 1.75 bits per heavy atom. The summed E-state index contributed by atoms with van der Waals surface area (Å²) in [6.07, 6.45) is 0. The fourth-order valence-electron chi connectivity index (χ4n) is 0.415. The second kappa shape index (κ2) is 3.68. The summed E-state index contributed by atoms with van der Waals surface area (Å²) in [5, 5.41) is 0. The summed E-state index contributed by atoms with van der Waals surface area (Å²) in [7, 11) is 0. The Labute approximate surface area is 59.0 Å². The molecule has 0 fully saturated rings. The molecule has 0 spiro atoms. The van der Waals surface area contributed by atoms with E-state index in [9.17, 15) is 4.39 Å². The van der Waals surface area contributed by atoms with Crippen LogP contribution in [0.3, 0.4) is 0 Å². The van der Waals surface area contributed by atoms with Gasteiger partial charge in [0.2, 0.25) is 0 Å². The smallest absolute Gasteiger partial charge is 0.123 e. The molecule has 0 aliphatic carbocycles. The fraction of sp³-hybridized carbons (Fsp3) is 0. The minimum atomic E-state index is -0.178. The third-order valence-corrected chi connectivity index (χ3v) is 0.733. The molecule has 41 valence electrons. The normalized spacial score (nSPS) is 7.62. The van der Waals surface area contributed by atoms with Gasteiger partial charge in [0.25, 0.3) is 0 Å². The zero-order chi connectivity index (χ0) is 5.11. The van der Waals surface area contributed by atoms with E-state index in [1.807, 2.05) is 0 Å². The SMILES string of the molecule is Fc1ccccc1.[As]. The van der Waals surface area contributed by atoms with Crippen LogP contribution in [-0.4, -0.2) is 18.0 Å². The maximum Gasteiger partial charge on any atom is 0.123 e. The Hall–Kier alpha value is -0.292. The van der Waals surface area contributed by atoms with Gasteiger partial charge in [-0.25, -0.2) is 4.39 Å². The zero-order valence-corrected chi connectivity index (χ0v) is 6.09. The van der Waals surface area contributed by atoms with Gasteiger partial charge in [-0.2, -0.15) is 0 Å². The predicted molar refractivity (Wildman–Crippen MR) is 32.2 cm³/mol. The summed E-state index contributed by atoms with van der Waals surface area (Å²) in [6, 6.07) is 7.94. The summed E-state index contributed by atoms with van der Waals surface area (Å²) in [5.74, 6) is -0.178. The molecule has 0 unspecified atom stereocenters. The van der Waals surface area contributed by atoms with Crippen molar-refractivity contribution in [3.63, 3.8) is 0 Å². The molecule has 1 aromatic carbocycles. The molecule has 1 aromatic rings. The van der Waals surface area contributed by atoms with Crippen molar-refractivity contribution in [3.05, 3.63) is 36.1 Å². The Morgan fingerprint density at radius 1 is 1.00 bits per heavy atom. The van der Waals surface area contributed by atoms with Gasteiger partial charge < -0.3 is 0 Å². The van der Waals surface area contributed by atoms with Crippen molar-refractivity contribution in [2.24, 2.45) is 0 Å². The van der Waals surface area contributed by atoms with Crippen molar-refractivity contribution >= 4 is 18.0 Å². The first kappa shape index (κ1) is 7.71. The van der Waals surface area contributed by atoms with Crippen LogP contribution in [0.1, 0.15) is 0 Å². The van der Waals surface area contributed by atoms with E-state index in [1.54, 1.807) is 18.2 Å². The molecule has 0 aliphatic heterocycles. The predicted octanol–water partition coefficient (Wildman–Crippen LogP) is 1.44. The van der Waals surface area contributed by atoms with Crippen molar-refractivity contribution in [3.8, 4) is 0 Å². The minimum Gasteiger partial charge on any atom is -0.207 e. The van der Waals surface area contributed by atoms with Crippen molar-refractivity contribution in [1.82, 2.24) is 0 Å². The second-order valence-electron chi connectivity index (χ2n) is 1.30. The van der Waals surface area contributed by atoms with Gasteiger partial charge in [-0.1, -0.05) is 18.2 Å². The van der Waals surface area contributed by atoms with E-state index < -0.39 is 0 Å². The number of halogens is 1. The van der Waals surface area contributed by atoms with E-state index in [-0.39, 0.29) is 23.8 Å². The van der Waals surface area contributed by atoms with Crippen LogP contribution in [0.15, 0.2) is 30.3 Å². The average Bonchev–Trinajstić information content (AvgIpc) is 1.69. The van der Waals surface area contributed by atoms with Gasteiger partial charge in [-0.3, -0.25) is 0 Å². The molecule has 0 saturated heterocycles. The number of benzene rings is 1. The topological polar surface area (TPSA) is 0 Å². The molecule has 0 atom stereocenters. The van der Waals surface area contributed by atoms with Crippen molar-refractivity contribution < 1.29 is 4.39 Å². The number of hydrogen-bond donors (Lipinski definition) is 0. The van der Waals surface area contributed by atoms with Crippen LogP contribution in [0, 0.1) is 5.82 Å². The Morgan fingerprint density at radius 2 is 1.50 bits per heavy atom. The molecule has 8 heavy (non-hydrogen) atoms. The largest absolute Gasteiger partial charge is 0.207 e. The van der Waals surface area contributed by atoms with E-state index in [2.05, 4.69) is 0 Å².